The number of nitrogens with zero attached hydrogens (tertiary/aromatic N) is 1. The Balaban J connectivity index is 2.52. The van der Waals surface area contributed by atoms with Gasteiger partial charge in [-0.3, -0.25) is 4.79 Å². The van der Waals surface area contributed by atoms with Gasteiger partial charge in [-0.25, -0.2) is 4.98 Å². The van der Waals surface area contributed by atoms with Gasteiger partial charge in [0.05, 0.1) is 22.7 Å². The van der Waals surface area contributed by atoms with Crippen molar-refractivity contribution < 1.29 is 9.53 Å². The molecular formula is C11H8BrNO2S. The summed E-state index contributed by atoms with van der Waals surface area (Å²) in [5.41, 5.74) is 1.49. The van der Waals surface area contributed by atoms with Crippen LogP contribution in [0.25, 0.3) is 10.6 Å². The van der Waals surface area contributed by atoms with Gasteiger partial charge >= 0.3 is 0 Å². The number of benzene rings is 1. The molecule has 0 saturated heterocycles. The van der Waals surface area contributed by atoms with Gasteiger partial charge in [0.15, 0.2) is 0 Å². The number of aldehydes is 1. The molecule has 82 valence electrons. The number of halogens is 1. The highest BCUT2D eigenvalue weighted by atomic mass is 79.9. The molecule has 0 unspecified atom stereocenters. The number of carbonyl (C=O) groups excluding carboxylic acids is 1. The highest BCUT2D eigenvalue weighted by molar-refractivity contribution is 9.11. The van der Waals surface area contributed by atoms with Crippen LogP contribution >= 0.6 is 27.3 Å². The summed E-state index contributed by atoms with van der Waals surface area (Å²) in [6, 6.07) is 5.30. The fraction of sp³-hybridized carbons (Fsp3) is 0.0909. The Bertz CT molecular complexity index is 524. The van der Waals surface area contributed by atoms with Crippen LogP contribution in [0.1, 0.15) is 10.4 Å². The van der Waals surface area contributed by atoms with Crippen LogP contribution < -0.4 is 4.74 Å². The Morgan fingerprint density at radius 1 is 1.50 bits per heavy atom. The lowest BCUT2D eigenvalue weighted by molar-refractivity contribution is 0.112. The molecule has 0 fully saturated rings. The molecule has 5 heteroatoms. The molecule has 1 heterocycles. The molecule has 0 saturated carbocycles. The Labute approximate surface area is 105 Å². The smallest absolute Gasteiger partial charge is 0.150 e. The zero-order valence-corrected chi connectivity index (χ0v) is 10.8. The number of hydrogen-bond donors (Lipinski definition) is 0. The molecule has 0 radical (unpaired) electrons. The highest BCUT2D eigenvalue weighted by Gasteiger charge is 2.10. The van der Waals surface area contributed by atoms with E-state index in [0.29, 0.717) is 11.3 Å². The lowest BCUT2D eigenvalue weighted by Crippen LogP contribution is -1.89. The van der Waals surface area contributed by atoms with Crippen molar-refractivity contribution in [3.05, 3.63) is 33.7 Å². The summed E-state index contributed by atoms with van der Waals surface area (Å²) in [6.45, 7) is 0. The third-order valence-electron chi connectivity index (χ3n) is 2.07. The lowest BCUT2D eigenvalue weighted by atomic mass is 10.1. The maximum Gasteiger partial charge on any atom is 0.150 e. The number of thiazole rings is 1. The normalized spacial score (nSPS) is 10.1. The summed E-state index contributed by atoms with van der Waals surface area (Å²) in [5.74, 6) is 0.659. The fourth-order valence-electron chi connectivity index (χ4n) is 1.34. The van der Waals surface area contributed by atoms with Gasteiger partial charge in [-0.05, 0) is 28.1 Å². The number of rotatable bonds is 3. The van der Waals surface area contributed by atoms with Crippen molar-refractivity contribution >= 4 is 33.6 Å². The molecule has 0 N–H and O–H groups in total. The standard InChI is InChI=1S/C11H8BrNO2S/c1-15-9-4-7(6-14)2-3-8(9)11-13-5-10(12)16-11/h2-6H,1H3. The second-order valence-electron chi connectivity index (χ2n) is 3.05. The largest absolute Gasteiger partial charge is 0.496 e. The van der Waals surface area contributed by atoms with Crippen molar-refractivity contribution in [3.63, 3.8) is 0 Å². The fourth-order valence-corrected chi connectivity index (χ4v) is 2.57. The molecule has 0 atom stereocenters. The number of carbonyl (C=O) groups is 1. The Kier molecular flexibility index (Phi) is 3.36. The second kappa shape index (κ2) is 4.76. The van der Waals surface area contributed by atoms with Crippen LogP contribution in [0, 0.1) is 0 Å². The van der Waals surface area contributed by atoms with E-state index in [9.17, 15) is 4.79 Å². The topological polar surface area (TPSA) is 39.2 Å². The van der Waals surface area contributed by atoms with Crippen LogP contribution in [-0.4, -0.2) is 18.4 Å². The first-order valence-corrected chi connectivity index (χ1v) is 6.10. The summed E-state index contributed by atoms with van der Waals surface area (Å²) >= 11 is 4.88. The molecular weight excluding hydrogens is 290 g/mol. The van der Waals surface area contributed by atoms with Crippen LogP contribution in [-0.2, 0) is 0 Å². The molecule has 0 aliphatic heterocycles. The molecule has 3 nitrogen and oxygen atoms in total. The molecule has 0 aliphatic carbocycles. The van der Waals surface area contributed by atoms with Gasteiger partial charge in [-0.2, -0.15) is 0 Å². The lowest BCUT2D eigenvalue weighted by Gasteiger charge is -2.06. The van der Waals surface area contributed by atoms with Crippen molar-refractivity contribution in [2.45, 2.75) is 0 Å². The van der Waals surface area contributed by atoms with E-state index in [0.717, 1.165) is 20.6 Å². The van der Waals surface area contributed by atoms with Crippen LogP contribution in [0.3, 0.4) is 0 Å². The van der Waals surface area contributed by atoms with Crippen LogP contribution in [0.15, 0.2) is 28.2 Å². The predicted octanol–water partition coefficient (Wildman–Crippen LogP) is 3.39. The third-order valence-corrected chi connectivity index (χ3v) is 3.58. The third kappa shape index (κ3) is 2.15. The molecule has 0 spiro atoms. The van der Waals surface area contributed by atoms with Crippen molar-refractivity contribution in [1.82, 2.24) is 4.98 Å². The number of methoxy groups -OCH3 is 1. The van der Waals surface area contributed by atoms with Gasteiger partial charge in [0.1, 0.15) is 17.0 Å². The minimum Gasteiger partial charge on any atom is -0.496 e. The van der Waals surface area contributed by atoms with Gasteiger partial charge < -0.3 is 4.74 Å². The number of ether oxygens (including phenoxy) is 1. The monoisotopic (exact) mass is 297 g/mol. The van der Waals surface area contributed by atoms with E-state index in [1.165, 1.54) is 11.3 Å². The summed E-state index contributed by atoms with van der Waals surface area (Å²) in [6.07, 6.45) is 2.54. The Morgan fingerprint density at radius 2 is 2.31 bits per heavy atom. The molecule has 1 aromatic carbocycles. The number of aromatic nitrogens is 1. The van der Waals surface area contributed by atoms with Crippen molar-refractivity contribution in [2.75, 3.05) is 7.11 Å². The first-order chi connectivity index (χ1) is 7.74. The van der Waals surface area contributed by atoms with Crippen LogP contribution in [0.5, 0.6) is 5.75 Å². The minimum atomic E-state index is 0.594. The van der Waals surface area contributed by atoms with Gasteiger partial charge in [-0.15, -0.1) is 11.3 Å². The summed E-state index contributed by atoms with van der Waals surface area (Å²) < 4.78 is 6.21. The summed E-state index contributed by atoms with van der Waals surface area (Å²) in [5, 5.41) is 0.862. The first kappa shape index (κ1) is 11.3. The summed E-state index contributed by atoms with van der Waals surface area (Å²) in [4.78, 5) is 14.9. The van der Waals surface area contributed by atoms with Gasteiger partial charge in [0.25, 0.3) is 0 Å². The predicted molar refractivity (Wildman–Crippen MR) is 67.2 cm³/mol. The Hall–Kier alpha value is -1.20. The maximum absolute atomic E-state index is 10.7. The average molecular weight is 298 g/mol. The molecule has 0 amide bonds. The van der Waals surface area contributed by atoms with Crippen molar-refractivity contribution in [1.29, 1.82) is 0 Å². The van der Waals surface area contributed by atoms with E-state index in [1.54, 1.807) is 25.4 Å². The molecule has 2 aromatic rings. The van der Waals surface area contributed by atoms with E-state index in [2.05, 4.69) is 20.9 Å². The Morgan fingerprint density at radius 3 is 2.88 bits per heavy atom. The van der Waals surface area contributed by atoms with Crippen molar-refractivity contribution in [3.8, 4) is 16.3 Å². The summed E-state index contributed by atoms with van der Waals surface area (Å²) in [7, 11) is 1.58. The second-order valence-corrected chi connectivity index (χ2v) is 5.46. The molecule has 16 heavy (non-hydrogen) atoms. The van der Waals surface area contributed by atoms with E-state index in [-0.39, 0.29) is 0 Å². The maximum atomic E-state index is 10.7. The number of hydrogen-bond acceptors (Lipinski definition) is 4. The zero-order valence-electron chi connectivity index (χ0n) is 8.44. The highest BCUT2D eigenvalue weighted by Crippen LogP contribution is 2.34. The van der Waals surface area contributed by atoms with Gasteiger partial charge in [-0.1, -0.05) is 6.07 Å². The molecule has 0 bridgehead atoms. The quantitative estimate of drug-likeness (QED) is 0.815. The average Bonchev–Trinajstić information content (AvgIpc) is 2.74. The van der Waals surface area contributed by atoms with Gasteiger partial charge in [0.2, 0.25) is 0 Å². The van der Waals surface area contributed by atoms with E-state index >= 15 is 0 Å². The van der Waals surface area contributed by atoms with E-state index in [1.807, 2.05) is 6.07 Å². The molecule has 2 rings (SSSR count). The SMILES string of the molecule is COc1cc(C=O)ccc1-c1ncc(Br)s1. The van der Waals surface area contributed by atoms with Gasteiger partial charge in [0, 0.05) is 5.56 Å². The first-order valence-electron chi connectivity index (χ1n) is 4.49. The zero-order chi connectivity index (χ0) is 11.5. The van der Waals surface area contributed by atoms with E-state index < -0.39 is 0 Å². The minimum absolute atomic E-state index is 0.594. The van der Waals surface area contributed by atoms with Crippen LogP contribution in [0.2, 0.25) is 0 Å². The van der Waals surface area contributed by atoms with Crippen LogP contribution in [0.4, 0.5) is 0 Å². The van der Waals surface area contributed by atoms with Crippen molar-refractivity contribution in [2.24, 2.45) is 0 Å². The van der Waals surface area contributed by atoms with E-state index in [4.69, 9.17) is 4.74 Å². The molecule has 0 aliphatic rings. The molecule has 1 aromatic heterocycles.